The number of aliphatic carboxylic acids is 2. The molecule has 2 fully saturated rings. The third-order valence-electron chi connectivity index (χ3n) is 12.9. The fraction of sp³-hybridized carbons (Fsp3) is 0.451. The quantitative estimate of drug-likeness (QED) is 0.0410. The van der Waals surface area contributed by atoms with Gasteiger partial charge in [0.2, 0.25) is 47.3 Å². The lowest BCUT2D eigenvalue weighted by atomic mass is 10.0. The maximum absolute atomic E-state index is 14.5. The zero-order valence-electron chi connectivity index (χ0n) is 41.8. The standard InChI is InChI=1S/C51H65N9O16/c1-27(61)42(52)50(74)60-21-7-11-39(60)48(72)58-43(28(2)62)49(73)53-26-40(65)59-20-6-10-38(59)47(71)56-36(24-31-14-18-33(64)19-15-31)45(69)55-35(23-30-12-16-32(63)17-13-30)44(68)54-34(22-29-8-4-3-5-9-29)46(70)57-37(51(75)76)25-41(66)67/h3-5,8-9,12-19,27-28,34-39,42-43,61-64H,6-7,10-11,20-26,52H2,1-2H3,(H,53,73)(H,54,68)(H,55,69)(H,56,71)(H,57,70)(H,58,72)(H,66,67)(H,75,76)/t27-,28-,34+,35+,36+,37+,38+,39+,42+,43+/m1/s1. The lowest BCUT2D eigenvalue weighted by Gasteiger charge is -2.30. The molecule has 0 bridgehead atoms. The van der Waals surface area contributed by atoms with Crippen molar-refractivity contribution in [3.05, 3.63) is 95.6 Å². The van der Waals surface area contributed by atoms with Crippen molar-refractivity contribution in [3.8, 4) is 11.5 Å². The van der Waals surface area contributed by atoms with Gasteiger partial charge in [-0.05, 0) is 80.5 Å². The fourth-order valence-electron chi connectivity index (χ4n) is 8.74. The van der Waals surface area contributed by atoms with E-state index in [1.165, 1.54) is 72.2 Å². The number of aliphatic hydroxyl groups is 2. The summed E-state index contributed by atoms with van der Waals surface area (Å²) in [5.41, 5.74) is 7.18. The minimum Gasteiger partial charge on any atom is -0.508 e. The Balaban J connectivity index is 1.33. The number of benzene rings is 3. The number of phenolic OH excluding ortho intramolecular Hbond substituents is 2. The van der Waals surface area contributed by atoms with Gasteiger partial charge >= 0.3 is 11.9 Å². The van der Waals surface area contributed by atoms with E-state index in [-0.39, 0.29) is 56.7 Å². The number of hydrogen-bond donors (Lipinski definition) is 13. The number of hydrogen-bond acceptors (Lipinski definition) is 15. The van der Waals surface area contributed by atoms with Gasteiger partial charge in [-0.15, -0.1) is 0 Å². The molecule has 2 aliphatic heterocycles. The number of carboxylic acid groups (broad SMARTS) is 2. The molecule has 25 nitrogen and oxygen atoms in total. The lowest BCUT2D eigenvalue weighted by Crippen LogP contribution is -2.60. The van der Waals surface area contributed by atoms with Gasteiger partial charge < -0.3 is 78.1 Å². The minimum atomic E-state index is -1.87. The summed E-state index contributed by atoms with van der Waals surface area (Å²) in [6.07, 6.45) is -3.27. The second-order valence-corrected chi connectivity index (χ2v) is 18.8. The molecule has 3 aromatic rings. The van der Waals surface area contributed by atoms with Gasteiger partial charge in [-0.3, -0.25) is 43.2 Å². The first-order chi connectivity index (χ1) is 36.0. The molecular formula is C51H65N9O16. The highest BCUT2D eigenvalue weighted by molar-refractivity contribution is 5.98. The van der Waals surface area contributed by atoms with Crippen LogP contribution in [0.4, 0.5) is 0 Å². The molecule has 14 N–H and O–H groups in total. The van der Waals surface area contributed by atoms with Gasteiger partial charge in [0.25, 0.3) is 0 Å². The molecule has 5 rings (SSSR count). The first-order valence-corrected chi connectivity index (χ1v) is 24.6. The average Bonchev–Trinajstić information content (AvgIpc) is 4.09. The van der Waals surface area contributed by atoms with Crippen molar-refractivity contribution < 1.29 is 78.6 Å². The monoisotopic (exact) mass is 1060 g/mol. The normalized spacial score (nSPS) is 18.3. The number of likely N-dealkylation sites (tertiary alicyclic amines) is 2. The molecule has 0 saturated carbocycles. The van der Waals surface area contributed by atoms with Gasteiger partial charge in [-0.25, -0.2) is 4.79 Å². The lowest BCUT2D eigenvalue weighted by molar-refractivity contribution is -0.147. The fourth-order valence-corrected chi connectivity index (χ4v) is 8.74. The molecule has 25 heteroatoms. The van der Waals surface area contributed by atoms with E-state index >= 15 is 0 Å². The van der Waals surface area contributed by atoms with E-state index in [2.05, 4.69) is 31.9 Å². The van der Waals surface area contributed by atoms with Crippen molar-refractivity contribution in [2.45, 2.75) is 126 Å². The Labute approximate surface area is 436 Å². The molecule has 3 aromatic carbocycles. The van der Waals surface area contributed by atoms with Crippen LogP contribution in [0.15, 0.2) is 78.9 Å². The number of carbonyl (C=O) groups is 10. The van der Waals surface area contributed by atoms with Crippen molar-refractivity contribution in [2.75, 3.05) is 19.6 Å². The van der Waals surface area contributed by atoms with Crippen molar-refractivity contribution >= 4 is 59.2 Å². The summed E-state index contributed by atoms with van der Waals surface area (Å²) in [6.45, 7) is 2.08. The van der Waals surface area contributed by atoms with E-state index in [4.69, 9.17) is 5.73 Å². The van der Waals surface area contributed by atoms with Gasteiger partial charge in [0.1, 0.15) is 59.8 Å². The van der Waals surface area contributed by atoms with Crippen LogP contribution in [0, 0.1) is 0 Å². The highest BCUT2D eigenvalue weighted by atomic mass is 16.4. The molecule has 2 aliphatic rings. The number of nitrogens with two attached hydrogens (primary N) is 1. The van der Waals surface area contributed by atoms with Crippen LogP contribution in [0.3, 0.4) is 0 Å². The Morgan fingerprint density at radius 1 is 0.566 bits per heavy atom. The van der Waals surface area contributed by atoms with Gasteiger partial charge in [0.05, 0.1) is 25.2 Å². The predicted molar refractivity (Wildman–Crippen MR) is 267 cm³/mol. The van der Waals surface area contributed by atoms with Crippen molar-refractivity contribution in [1.29, 1.82) is 0 Å². The molecule has 0 unspecified atom stereocenters. The molecule has 10 atom stereocenters. The van der Waals surface area contributed by atoms with Crippen LogP contribution in [-0.4, -0.2) is 180 Å². The number of carbonyl (C=O) groups excluding carboxylic acids is 8. The average molecular weight is 1060 g/mol. The Morgan fingerprint density at radius 2 is 1.00 bits per heavy atom. The Morgan fingerprint density at radius 3 is 1.46 bits per heavy atom. The van der Waals surface area contributed by atoms with E-state index in [1.807, 2.05) is 0 Å². The van der Waals surface area contributed by atoms with Crippen LogP contribution in [0.1, 0.15) is 62.6 Å². The third kappa shape index (κ3) is 16.7. The van der Waals surface area contributed by atoms with E-state index in [1.54, 1.807) is 30.3 Å². The molecule has 0 spiro atoms. The van der Waals surface area contributed by atoms with Crippen LogP contribution in [0.2, 0.25) is 0 Å². The molecule has 0 aliphatic carbocycles. The summed E-state index contributed by atoms with van der Waals surface area (Å²) in [4.78, 5) is 136. The number of aliphatic hydroxyl groups excluding tert-OH is 2. The topological polar surface area (TPSA) is 397 Å². The summed E-state index contributed by atoms with van der Waals surface area (Å²) >= 11 is 0. The number of phenols is 2. The highest BCUT2D eigenvalue weighted by Gasteiger charge is 2.41. The van der Waals surface area contributed by atoms with E-state index in [0.717, 1.165) is 0 Å². The number of carboxylic acids is 2. The first kappa shape index (κ1) is 58.7. The van der Waals surface area contributed by atoms with Crippen LogP contribution < -0.4 is 37.6 Å². The highest BCUT2D eigenvalue weighted by Crippen LogP contribution is 2.21. The Kier molecular flexibility index (Phi) is 21.2. The van der Waals surface area contributed by atoms with Gasteiger partial charge in [0, 0.05) is 32.4 Å². The van der Waals surface area contributed by atoms with Gasteiger partial charge in [-0.1, -0.05) is 54.6 Å². The summed E-state index contributed by atoms with van der Waals surface area (Å²) in [7, 11) is 0. The van der Waals surface area contributed by atoms with Crippen molar-refractivity contribution in [1.82, 2.24) is 41.7 Å². The summed E-state index contributed by atoms with van der Waals surface area (Å²) in [5, 5.41) is 74.2. The smallest absolute Gasteiger partial charge is 0.326 e. The maximum Gasteiger partial charge on any atom is 0.326 e. The van der Waals surface area contributed by atoms with Crippen LogP contribution in [-0.2, 0) is 67.2 Å². The molecule has 2 heterocycles. The van der Waals surface area contributed by atoms with Crippen LogP contribution in [0.25, 0.3) is 0 Å². The number of nitrogens with zero attached hydrogens (tertiary/aromatic N) is 2. The third-order valence-corrected chi connectivity index (χ3v) is 12.9. The molecule has 76 heavy (non-hydrogen) atoms. The van der Waals surface area contributed by atoms with E-state index in [0.29, 0.717) is 29.5 Å². The SMILES string of the molecule is C[C@@H](O)[C@H](N)C(=O)N1CCC[C@H]1C(=O)N[C@H](C(=O)NCC(=O)N1CCC[C@H]1C(=O)N[C@@H](Cc1ccc(O)cc1)C(=O)N[C@@H](Cc1ccc(O)cc1)C(=O)N[C@@H](Cc1ccccc1)C(=O)N[C@@H](CC(=O)O)C(=O)O)[C@@H](C)O. The number of nitrogens with one attached hydrogen (secondary N) is 6. The number of rotatable bonds is 25. The molecule has 0 aromatic heterocycles. The maximum atomic E-state index is 14.5. The minimum absolute atomic E-state index is 0.0500. The molecular weight excluding hydrogens is 995 g/mol. The number of aromatic hydroxyl groups is 2. The van der Waals surface area contributed by atoms with Crippen molar-refractivity contribution in [3.63, 3.8) is 0 Å². The predicted octanol–water partition coefficient (Wildman–Crippen LogP) is -2.70. The van der Waals surface area contributed by atoms with Crippen LogP contribution in [0.5, 0.6) is 11.5 Å². The first-order valence-electron chi connectivity index (χ1n) is 24.6. The van der Waals surface area contributed by atoms with Gasteiger partial charge in [-0.2, -0.15) is 0 Å². The molecule has 0 radical (unpaired) electrons. The summed E-state index contributed by atoms with van der Waals surface area (Å²) in [5.74, 6) is -10.3. The molecule has 410 valence electrons. The second-order valence-electron chi connectivity index (χ2n) is 18.8. The molecule has 2 saturated heterocycles. The largest absolute Gasteiger partial charge is 0.508 e. The van der Waals surface area contributed by atoms with Crippen LogP contribution >= 0.6 is 0 Å². The zero-order chi connectivity index (χ0) is 55.8. The van der Waals surface area contributed by atoms with Gasteiger partial charge in [0.15, 0.2) is 0 Å². The number of amides is 8. The molecule has 8 amide bonds. The van der Waals surface area contributed by atoms with Crippen molar-refractivity contribution in [2.24, 2.45) is 5.73 Å². The Bertz CT molecular complexity index is 2570. The zero-order valence-corrected chi connectivity index (χ0v) is 41.8. The second kappa shape index (κ2) is 27.4. The van der Waals surface area contributed by atoms with E-state index < -0.39 is 133 Å². The summed E-state index contributed by atoms with van der Waals surface area (Å²) < 4.78 is 0. The Hall–Kier alpha value is -8.16. The summed E-state index contributed by atoms with van der Waals surface area (Å²) in [6, 6.07) is 7.98. The van der Waals surface area contributed by atoms with E-state index in [9.17, 15) is 78.6 Å².